The van der Waals surface area contributed by atoms with Crippen LogP contribution < -0.4 is 0 Å². The topological polar surface area (TPSA) is 91.7 Å². The van der Waals surface area contributed by atoms with Crippen LogP contribution in [0.1, 0.15) is 17.0 Å². The quantitative estimate of drug-likeness (QED) is 0.555. The number of carboxylic acid groups (broad SMARTS) is 2. The molecule has 2 aromatic rings. The summed E-state index contributed by atoms with van der Waals surface area (Å²) in [6.07, 6.45) is -0.167. The van der Waals surface area contributed by atoms with E-state index < -0.39 is 17.9 Å². The van der Waals surface area contributed by atoms with Gasteiger partial charge >= 0.3 is 11.9 Å². The van der Waals surface area contributed by atoms with E-state index >= 15 is 0 Å². The van der Waals surface area contributed by atoms with E-state index in [4.69, 9.17) is 14.7 Å². The van der Waals surface area contributed by atoms with Crippen molar-refractivity contribution in [1.29, 1.82) is 0 Å². The number of aldehydes is 1. The Morgan fingerprint density at radius 2 is 1.13 bits per heavy atom. The Bertz CT molecular complexity index is 635. The van der Waals surface area contributed by atoms with Crippen molar-refractivity contribution in [3.8, 4) is 0 Å². The van der Waals surface area contributed by atoms with Gasteiger partial charge in [0, 0.05) is 8.95 Å². The van der Waals surface area contributed by atoms with Crippen LogP contribution in [0.25, 0.3) is 0 Å². The van der Waals surface area contributed by atoms with Crippen LogP contribution >= 0.6 is 31.9 Å². The van der Waals surface area contributed by atoms with Crippen LogP contribution in [-0.4, -0.2) is 28.4 Å². The van der Waals surface area contributed by atoms with Gasteiger partial charge in [-0.05, 0) is 35.4 Å². The van der Waals surface area contributed by atoms with Crippen molar-refractivity contribution in [2.75, 3.05) is 0 Å². The number of halogens is 2. The summed E-state index contributed by atoms with van der Waals surface area (Å²) in [6, 6.07) is 14.7. The fourth-order valence-corrected chi connectivity index (χ4v) is 2.32. The molecule has 0 aliphatic carbocycles. The molecule has 2 aromatic carbocycles. The lowest BCUT2D eigenvalue weighted by Crippen LogP contribution is -2.12. The van der Waals surface area contributed by atoms with Gasteiger partial charge in [0.05, 0.1) is 0 Å². The maximum atomic E-state index is 11.4. The third kappa shape index (κ3) is 6.33. The number of benzene rings is 2. The van der Waals surface area contributed by atoms with Crippen molar-refractivity contribution in [2.45, 2.75) is 5.92 Å². The van der Waals surface area contributed by atoms with Crippen LogP contribution in [0, 0.1) is 0 Å². The summed E-state index contributed by atoms with van der Waals surface area (Å²) in [4.78, 5) is 29.4. The van der Waals surface area contributed by atoms with E-state index in [-0.39, 0.29) is 6.29 Å². The van der Waals surface area contributed by atoms with Crippen LogP contribution in [-0.2, 0) is 14.4 Å². The molecule has 0 saturated heterocycles. The van der Waals surface area contributed by atoms with Crippen molar-refractivity contribution in [2.24, 2.45) is 0 Å². The molecule has 120 valence electrons. The first-order valence-corrected chi connectivity index (χ1v) is 7.85. The zero-order chi connectivity index (χ0) is 17.4. The fraction of sp³-hybridized carbons (Fsp3) is 0.0625. The van der Waals surface area contributed by atoms with Gasteiger partial charge in [-0.25, -0.2) is 4.79 Å². The van der Waals surface area contributed by atoms with Crippen LogP contribution in [0.2, 0.25) is 0 Å². The van der Waals surface area contributed by atoms with E-state index in [2.05, 4.69) is 31.9 Å². The number of carbonyl (C=O) groups is 3. The van der Waals surface area contributed by atoms with Crippen molar-refractivity contribution in [3.05, 3.63) is 68.6 Å². The van der Waals surface area contributed by atoms with E-state index in [1.54, 1.807) is 0 Å². The molecule has 0 saturated carbocycles. The number of aliphatic carboxylic acids is 2. The SMILES string of the molecule is O=C(O)C(c1ccc(Br)cc1)c1ccc(Br)cc1.O=CC(=O)O. The molecule has 0 radical (unpaired) electrons. The normalized spacial score (nSPS) is 9.70. The van der Waals surface area contributed by atoms with Gasteiger partial charge in [0.2, 0.25) is 6.29 Å². The number of rotatable bonds is 4. The zero-order valence-corrected chi connectivity index (χ0v) is 14.8. The molecule has 0 bridgehead atoms. The largest absolute Gasteiger partial charge is 0.481 e. The highest BCUT2D eigenvalue weighted by Crippen LogP contribution is 2.27. The first-order chi connectivity index (χ1) is 10.8. The highest BCUT2D eigenvalue weighted by molar-refractivity contribution is 9.10. The Morgan fingerprint density at radius 3 is 1.35 bits per heavy atom. The summed E-state index contributed by atoms with van der Waals surface area (Å²) >= 11 is 6.69. The molecule has 0 aromatic heterocycles. The standard InChI is InChI=1S/C14H10Br2O2.C2H2O3/c15-11-5-1-9(2-6-11)13(14(17)18)10-3-7-12(16)8-4-10;3-1-2(4)5/h1-8,13H,(H,17,18);1H,(H,4,5). The second-order valence-electron chi connectivity index (χ2n) is 4.33. The third-order valence-corrected chi connectivity index (χ3v) is 3.81. The van der Waals surface area contributed by atoms with Crippen LogP contribution in [0.3, 0.4) is 0 Å². The highest BCUT2D eigenvalue weighted by atomic mass is 79.9. The first kappa shape index (κ1) is 19.1. The van der Waals surface area contributed by atoms with Gasteiger partial charge in [-0.1, -0.05) is 56.1 Å². The van der Waals surface area contributed by atoms with Crippen LogP contribution in [0.15, 0.2) is 57.5 Å². The lowest BCUT2D eigenvalue weighted by atomic mass is 9.91. The Kier molecular flexibility index (Phi) is 7.64. The van der Waals surface area contributed by atoms with Gasteiger partial charge in [-0.3, -0.25) is 9.59 Å². The Balaban J connectivity index is 0.000000463. The summed E-state index contributed by atoms with van der Waals surface area (Å²) in [7, 11) is 0. The molecule has 0 heterocycles. The monoisotopic (exact) mass is 442 g/mol. The maximum absolute atomic E-state index is 11.4. The van der Waals surface area contributed by atoms with E-state index in [1.807, 2.05) is 48.5 Å². The third-order valence-electron chi connectivity index (χ3n) is 2.75. The van der Waals surface area contributed by atoms with Gasteiger partial charge in [-0.15, -0.1) is 0 Å². The van der Waals surface area contributed by atoms with Crippen LogP contribution in [0.4, 0.5) is 0 Å². The second-order valence-corrected chi connectivity index (χ2v) is 6.16. The molecule has 0 atom stereocenters. The van der Waals surface area contributed by atoms with Gasteiger partial charge in [0.25, 0.3) is 0 Å². The zero-order valence-electron chi connectivity index (χ0n) is 11.6. The minimum atomic E-state index is -1.43. The van der Waals surface area contributed by atoms with Gasteiger partial charge in [0.15, 0.2) is 0 Å². The molecule has 0 fully saturated rings. The Labute approximate surface area is 149 Å². The minimum Gasteiger partial charge on any atom is -0.481 e. The number of carbonyl (C=O) groups excluding carboxylic acids is 1. The molecule has 7 heteroatoms. The number of carboxylic acids is 2. The van der Waals surface area contributed by atoms with Crippen molar-refractivity contribution in [1.82, 2.24) is 0 Å². The summed E-state index contributed by atoms with van der Waals surface area (Å²) in [6.45, 7) is 0. The van der Waals surface area contributed by atoms with Crippen molar-refractivity contribution >= 4 is 50.1 Å². The van der Waals surface area contributed by atoms with E-state index in [0.717, 1.165) is 20.1 Å². The summed E-state index contributed by atoms with van der Waals surface area (Å²) < 4.78 is 1.87. The minimum absolute atomic E-state index is 0.167. The Hall–Kier alpha value is -1.99. The smallest absolute Gasteiger partial charge is 0.368 e. The van der Waals surface area contributed by atoms with Crippen molar-refractivity contribution < 1.29 is 24.6 Å². The lowest BCUT2D eigenvalue weighted by molar-refractivity contribution is -0.143. The summed E-state index contributed by atoms with van der Waals surface area (Å²) in [5.41, 5.74) is 1.54. The summed E-state index contributed by atoms with van der Waals surface area (Å²) in [5.74, 6) is -2.91. The van der Waals surface area contributed by atoms with Gasteiger partial charge in [0.1, 0.15) is 5.92 Å². The molecule has 0 aliphatic heterocycles. The molecular formula is C16H12Br2O5. The van der Waals surface area contributed by atoms with Gasteiger partial charge in [-0.2, -0.15) is 0 Å². The molecule has 0 unspecified atom stereocenters. The predicted molar refractivity (Wildman–Crippen MR) is 91.5 cm³/mol. The average Bonchev–Trinajstić information content (AvgIpc) is 2.51. The fourth-order valence-electron chi connectivity index (χ4n) is 1.79. The molecule has 0 spiro atoms. The van der Waals surface area contributed by atoms with Gasteiger partial charge < -0.3 is 10.2 Å². The van der Waals surface area contributed by atoms with Crippen LogP contribution in [0.5, 0.6) is 0 Å². The highest BCUT2D eigenvalue weighted by Gasteiger charge is 2.21. The molecule has 23 heavy (non-hydrogen) atoms. The summed E-state index contributed by atoms with van der Waals surface area (Å²) in [5, 5.41) is 16.7. The first-order valence-electron chi connectivity index (χ1n) is 6.27. The molecular weight excluding hydrogens is 432 g/mol. The maximum Gasteiger partial charge on any atom is 0.368 e. The van der Waals surface area contributed by atoms with Crippen molar-refractivity contribution in [3.63, 3.8) is 0 Å². The lowest BCUT2D eigenvalue weighted by Gasteiger charge is -2.13. The molecule has 0 aliphatic rings. The number of hydrogen-bond donors (Lipinski definition) is 2. The molecule has 5 nitrogen and oxygen atoms in total. The molecule has 2 rings (SSSR count). The molecule has 2 N–H and O–H groups in total. The van der Waals surface area contributed by atoms with E-state index in [1.165, 1.54) is 0 Å². The average molecular weight is 444 g/mol. The second kappa shape index (κ2) is 9.22. The number of hydrogen-bond acceptors (Lipinski definition) is 3. The Morgan fingerprint density at radius 1 is 0.826 bits per heavy atom. The predicted octanol–water partition coefficient (Wildman–Crippen LogP) is 3.70. The van der Waals surface area contributed by atoms with E-state index in [9.17, 15) is 9.90 Å². The molecule has 0 amide bonds. The van der Waals surface area contributed by atoms with E-state index in [0.29, 0.717) is 0 Å².